The Morgan fingerprint density at radius 2 is 1.91 bits per heavy atom. The fourth-order valence-corrected chi connectivity index (χ4v) is 3.87. The highest BCUT2D eigenvalue weighted by Crippen LogP contribution is 2.39. The van der Waals surface area contributed by atoms with Crippen molar-refractivity contribution >= 4 is 17.5 Å². The summed E-state index contributed by atoms with van der Waals surface area (Å²) in [5, 5.41) is 5.94. The Hall–Kier alpha value is -4.14. The third kappa shape index (κ3) is 4.05. The quantitative estimate of drug-likeness (QED) is 0.594. The van der Waals surface area contributed by atoms with E-state index in [0.29, 0.717) is 23.6 Å². The zero-order chi connectivity index (χ0) is 22.9. The molecular weight excluding hydrogens is 429 g/mol. The second-order valence-electron chi connectivity index (χ2n) is 7.76. The number of halogens is 1. The maximum atomic E-state index is 13.4. The summed E-state index contributed by atoms with van der Waals surface area (Å²) in [6.07, 6.45) is 1.82. The van der Waals surface area contributed by atoms with Gasteiger partial charge in [0, 0.05) is 13.5 Å². The maximum Gasteiger partial charge on any atom is 0.289 e. The molecule has 0 aliphatic carbocycles. The first-order chi connectivity index (χ1) is 16.0. The topological polar surface area (TPSA) is 84.6 Å². The number of benzene rings is 2. The third-order valence-corrected chi connectivity index (χ3v) is 5.58. The van der Waals surface area contributed by atoms with Crippen LogP contribution in [0.25, 0.3) is 0 Å². The molecule has 168 valence electrons. The first kappa shape index (κ1) is 20.7. The number of carbonyl (C=O) groups excluding carboxylic acids is 2. The van der Waals surface area contributed by atoms with Crippen LogP contribution in [-0.4, -0.2) is 47.8 Å². The van der Waals surface area contributed by atoms with Crippen molar-refractivity contribution in [3.8, 4) is 11.5 Å². The Labute approximate surface area is 188 Å². The standard InChI is InChI=1S/C24H20FN3O5/c1-27(24(30)21-3-2-10-31-21)13-23(29)28-19(16-6-9-20-22(11-16)33-14-32-20)12-18(26-28)15-4-7-17(25)8-5-15/h2-11,19H,12-14H2,1H3/t19-/m0/s1. The number of furan rings is 1. The first-order valence-electron chi connectivity index (χ1n) is 10.3. The summed E-state index contributed by atoms with van der Waals surface area (Å²) in [5.74, 6) is 0.260. The lowest BCUT2D eigenvalue weighted by atomic mass is 9.98. The molecule has 2 aliphatic rings. The summed E-state index contributed by atoms with van der Waals surface area (Å²) in [4.78, 5) is 27.1. The van der Waals surface area contributed by atoms with Gasteiger partial charge in [-0.25, -0.2) is 9.40 Å². The number of hydrazone groups is 1. The molecule has 33 heavy (non-hydrogen) atoms. The van der Waals surface area contributed by atoms with Gasteiger partial charge in [0.05, 0.1) is 18.0 Å². The largest absolute Gasteiger partial charge is 0.459 e. The van der Waals surface area contributed by atoms with Gasteiger partial charge in [0.25, 0.3) is 11.8 Å². The van der Waals surface area contributed by atoms with Crippen molar-refractivity contribution in [2.75, 3.05) is 20.4 Å². The zero-order valence-electron chi connectivity index (χ0n) is 17.7. The van der Waals surface area contributed by atoms with E-state index in [4.69, 9.17) is 13.9 Å². The number of likely N-dealkylation sites (N-methyl/N-ethyl adjacent to an activating group) is 1. The van der Waals surface area contributed by atoms with Gasteiger partial charge in [0.1, 0.15) is 12.4 Å². The Morgan fingerprint density at radius 3 is 2.67 bits per heavy atom. The van der Waals surface area contributed by atoms with E-state index in [1.807, 2.05) is 12.1 Å². The minimum absolute atomic E-state index is 0.142. The Kier molecular flexibility index (Phi) is 5.29. The molecule has 3 heterocycles. The molecule has 0 spiro atoms. The fraction of sp³-hybridized carbons (Fsp3) is 0.208. The molecule has 0 bridgehead atoms. The molecule has 3 aromatic rings. The molecule has 0 saturated heterocycles. The maximum absolute atomic E-state index is 13.4. The molecule has 5 rings (SSSR count). The predicted molar refractivity (Wildman–Crippen MR) is 115 cm³/mol. The molecule has 0 fully saturated rings. The van der Waals surface area contributed by atoms with Gasteiger partial charge in [-0.1, -0.05) is 18.2 Å². The van der Waals surface area contributed by atoms with Crippen LogP contribution < -0.4 is 9.47 Å². The normalized spacial score (nSPS) is 16.6. The van der Waals surface area contributed by atoms with Gasteiger partial charge in [0.2, 0.25) is 6.79 Å². The predicted octanol–water partition coefficient (Wildman–Crippen LogP) is 3.60. The number of amides is 2. The number of hydrogen-bond acceptors (Lipinski definition) is 6. The van der Waals surface area contributed by atoms with Gasteiger partial charge in [-0.05, 0) is 47.5 Å². The van der Waals surface area contributed by atoms with Crippen LogP contribution in [0.1, 0.15) is 34.1 Å². The van der Waals surface area contributed by atoms with Gasteiger partial charge in [0.15, 0.2) is 17.3 Å². The molecule has 1 aromatic heterocycles. The molecule has 2 amide bonds. The summed E-state index contributed by atoms with van der Waals surface area (Å²) < 4.78 is 29.4. The Morgan fingerprint density at radius 1 is 1.12 bits per heavy atom. The summed E-state index contributed by atoms with van der Waals surface area (Å²) in [6, 6.07) is 14.2. The lowest BCUT2D eigenvalue weighted by Gasteiger charge is -2.24. The molecule has 2 aliphatic heterocycles. The molecular formula is C24H20FN3O5. The molecule has 0 unspecified atom stereocenters. The minimum Gasteiger partial charge on any atom is -0.459 e. The lowest BCUT2D eigenvalue weighted by Crippen LogP contribution is -2.39. The van der Waals surface area contributed by atoms with Gasteiger partial charge in [-0.15, -0.1) is 0 Å². The van der Waals surface area contributed by atoms with Gasteiger partial charge in [-0.2, -0.15) is 5.10 Å². The van der Waals surface area contributed by atoms with Crippen LogP contribution in [0.4, 0.5) is 4.39 Å². The molecule has 0 radical (unpaired) electrons. The number of fused-ring (bicyclic) bond motifs is 1. The highest BCUT2D eigenvalue weighted by molar-refractivity contribution is 6.03. The number of carbonyl (C=O) groups is 2. The van der Waals surface area contributed by atoms with E-state index >= 15 is 0 Å². The van der Waals surface area contributed by atoms with E-state index in [1.54, 1.807) is 30.3 Å². The fourth-order valence-electron chi connectivity index (χ4n) is 3.87. The molecule has 9 heteroatoms. The highest BCUT2D eigenvalue weighted by atomic mass is 19.1. The van der Waals surface area contributed by atoms with Crippen molar-refractivity contribution < 1.29 is 27.9 Å². The van der Waals surface area contributed by atoms with Crippen molar-refractivity contribution in [2.45, 2.75) is 12.5 Å². The minimum atomic E-state index is -0.417. The molecule has 1 atom stereocenters. The Bertz CT molecular complexity index is 1220. The first-order valence-corrected chi connectivity index (χ1v) is 10.3. The average Bonchev–Trinajstić information content (AvgIpc) is 3.59. The van der Waals surface area contributed by atoms with E-state index < -0.39 is 11.9 Å². The molecule has 0 N–H and O–H groups in total. The number of hydrogen-bond donors (Lipinski definition) is 0. The highest BCUT2D eigenvalue weighted by Gasteiger charge is 2.35. The summed E-state index contributed by atoms with van der Waals surface area (Å²) >= 11 is 0. The van der Waals surface area contributed by atoms with E-state index in [1.165, 1.54) is 35.4 Å². The zero-order valence-corrected chi connectivity index (χ0v) is 17.7. The van der Waals surface area contributed by atoms with Crippen LogP contribution in [0.3, 0.4) is 0 Å². The van der Waals surface area contributed by atoms with E-state index in [2.05, 4.69) is 5.10 Å². The Balaban J connectivity index is 1.42. The average molecular weight is 449 g/mol. The van der Waals surface area contributed by atoms with Crippen LogP contribution in [-0.2, 0) is 4.79 Å². The van der Waals surface area contributed by atoms with Crippen molar-refractivity contribution in [3.05, 3.63) is 83.6 Å². The van der Waals surface area contributed by atoms with E-state index in [9.17, 15) is 14.0 Å². The second-order valence-corrected chi connectivity index (χ2v) is 7.76. The van der Waals surface area contributed by atoms with Crippen molar-refractivity contribution in [1.82, 2.24) is 9.91 Å². The van der Waals surface area contributed by atoms with Crippen LogP contribution >= 0.6 is 0 Å². The van der Waals surface area contributed by atoms with E-state index in [-0.39, 0.29) is 30.8 Å². The van der Waals surface area contributed by atoms with Crippen molar-refractivity contribution in [3.63, 3.8) is 0 Å². The van der Waals surface area contributed by atoms with Crippen molar-refractivity contribution in [1.29, 1.82) is 0 Å². The molecule has 0 saturated carbocycles. The second kappa shape index (κ2) is 8.42. The third-order valence-electron chi connectivity index (χ3n) is 5.58. The summed E-state index contributed by atoms with van der Waals surface area (Å²) in [7, 11) is 1.53. The molecule has 8 nitrogen and oxygen atoms in total. The number of rotatable bonds is 5. The van der Waals surface area contributed by atoms with Gasteiger partial charge < -0.3 is 18.8 Å². The number of ether oxygens (including phenoxy) is 2. The van der Waals surface area contributed by atoms with Crippen LogP contribution in [0.2, 0.25) is 0 Å². The van der Waals surface area contributed by atoms with Gasteiger partial charge >= 0.3 is 0 Å². The van der Waals surface area contributed by atoms with Gasteiger partial charge in [-0.3, -0.25) is 9.59 Å². The van der Waals surface area contributed by atoms with Crippen molar-refractivity contribution in [2.24, 2.45) is 5.10 Å². The lowest BCUT2D eigenvalue weighted by molar-refractivity contribution is -0.133. The SMILES string of the molecule is CN(CC(=O)N1N=C(c2ccc(F)cc2)C[C@H]1c1ccc2c(c1)OCO2)C(=O)c1ccco1. The molecule has 2 aromatic carbocycles. The summed E-state index contributed by atoms with van der Waals surface area (Å²) in [5.41, 5.74) is 2.18. The van der Waals surface area contributed by atoms with Crippen LogP contribution in [0.5, 0.6) is 11.5 Å². The summed E-state index contributed by atoms with van der Waals surface area (Å²) in [6.45, 7) is -0.0517. The smallest absolute Gasteiger partial charge is 0.289 e. The monoisotopic (exact) mass is 449 g/mol. The number of nitrogens with zero attached hydrogens (tertiary/aromatic N) is 3. The van der Waals surface area contributed by atoms with Crippen LogP contribution in [0.15, 0.2) is 70.4 Å². The van der Waals surface area contributed by atoms with E-state index in [0.717, 1.165) is 11.1 Å². The van der Waals surface area contributed by atoms with Crippen LogP contribution in [0, 0.1) is 5.82 Å².